The van der Waals surface area contributed by atoms with Gasteiger partial charge in [-0.1, -0.05) is 25.8 Å². The van der Waals surface area contributed by atoms with Crippen molar-refractivity contribution in [3.8, 4) is 0 Å². The van der Waals surface area contributed by atoms with Crippen LogP contribution in [0.5, 0.6) is 0 Å². The number of rotatable bonds is 4. The second-order valence-electron chi connectivity index (χ2n) is 5.33. The minimum absolute atomic E-state index is 0.0610. The lowest BCUT2D eigenvalue weighted by Gasteiger charge is -2.31. The minimum atomic E-state index is 0.0610. The number of hydrogen-bond acceptors (Lipinski definition) is 3. The maximum Gasteiger partial charge on any atom is 0.107 e. The molecule has 0 amide bonds. The lowest BCUT2D eigenvalue weighted by atomic mass is 9.88. The molecule has 1 aromatic rings. The van der Waals surface area contributed by atoms with E-state index in [0.717, 1.165) is 5.92 Å². The highest BCUT2D eigenvalue weighted by atomic mass is 32.1. The van der Waals surface area contributed by atoms with E-state index in [0.29, 0.717) is 6.10 Å². The third-order valence-electron chi connectivity index (χ3n) is 3.53. The zero-order valence-corrected chi connectivity index (χ0v) is 11.6. The van der Waals surface area contributed by atoms with Crippen LogP contribution in [0.1, 0.15) is 50.5 Å². The molecule has 4 atom stereocenters. The topological polar surface area (TPSA) is 35.2 Å². The van der Waals surface area contributed by atoms with E-state index >= 15 is 0 Å². The van der Waals surface area contributed by atoms with Crippen LogP contribution < -0.4 is 5.73 Å². The van der Waals surface area contributed by atoms with Crippen molar-refractivity contribution >= 4 is 11.3 Å². The van der Waals surface area contributed by atoms with Crippen molar-refractivity contribution in [2.45, 2.75) is 57.8 Å². The third kappa shape index (κ3) is 3.54. The molecule has 0 spiro atoms. The summed E-state index contributed by atoms with van der Waals surface area (Å²) in [5.41, 5.74) is 6.06. The summed E-state index contributed by atoms with van der Waals surface area (Å²) in [6.45, 7) is 4.36. The van der Waals surface area contributed by atoms with Crippen molar-refractivity contribution in [3.05, 3.63) is 22.4 Å². The molecule has 2 N–H and O–H groups in total. The van der Waals surface area contributed by atoms with Gasteiger partial charge in [0.15, 0.2) is 0 Å². The van der Waals surface area contributed by atoms with Crippen molar-refractivity contribution < 1.29 is 4.74 Å². The smallest absolute Gasteiger partial charge is 0.107 e. The molecule has 2 nitrogen and oxygen atoms in total. The molecule has 1 aromatic heterocycles. The zero-order valence-electron chi connectivity index (χ0n) is 10.8. The Kier molecular flexibility index (Phi) is 4.60. The molecular formula is C14H23NOS. The summed E-state index contributed by atoms with van der Waals surface area (Å²) in [5.74, 6) is 0.797. The molecule has 1 heterocycles. The van der Waals surface area contributed by atoms with Gasteiger partial charge in [0.2, 0.25) is 0 Å². The van der Waals surface area contributed by atoms with Crippen LogP contribution in [0.2, 0.25) is 0 Å². The minimum Gasteiger partial charge on any atom is -0.368 e. The van der Waals surface area contributed by atoms with E-state index < -0.39 is 0 Å². The number of thiophene rings is 1. The van der Waals surface area contributed by atoms with Gasteiger partial charge in [-0.15, -0.1) is 11.3 Å². The van der Waals surface area contributed by atoms with Gasteiger partial charge in [0, 0.05) is 10.9 Å². The van der Waals surface area contributed by atoms with Gasteiger partial charge in [-0.3, -0.25) is 0 Å². The van der Waals surface area contributed by atoms with E-state index in [1.165, 1.54) is 30.6 Å². The average Bonchev–Trinajstić information content (AvgIpc) is 2.78. The molecular weight excluding hydrogens is 230 g/mol. The summed E-state index contributed by atoms with van der Waals surface area (Å²) in [4.78, 5) is 1.26. The van der Waals surface area contributed by atoms with Crippen LogP contribution in [0.4, 0.5) is 0 Å². The van der Waals surface area contributed by atoms with Crippen LogP contribution in [-0.2, 0) is 4.74 Å². The van der Waals surface area contributed by atoms with Crippen LogP contribution in [0, 0.1) is 5.92 Å². The van der Waals surface area contributed by atoms with Gasteiger partial charge in [-0.25, -0.2) is 0 Å². The van der Waals surface area contributed by atoms with Gasteiger partial charge in [0.1, 0.15) is 6.10 Å². The molecule has 96 valence electrons. The predicted molar refractivity (Wildman–Crippen MR) is 73.2 cm³/mol. The highest BCUT2D eigenvalue weighted by Gasteiger charge is 2.26. The normalized spacial score (nSPS) is 28.9. The van der Waals surface area contributed by atoms with Gasteiger partial charge in [-0.2, -0.15) is 0 Å². The Morgan fingerprint density at radius 2 is 2.29 bits per heavy atom. The van der Waals surface area contributed by atoms with Crippen molar-refractivity contribution in [2.75, 3.05) is 0 Å². The number of ether oxygens (including phenoxy) is 1. The van der Waals surface area contributed by atoms with Crippen LogP contribution in [-0.4, -0.2) is 12.1 Å². The van der Waals surface area contributed by atoms with Crippen molar-refractivity contribution in [3.63, 3.8) is 0 Å². The Hall–Kier alpha value is -0.380. The fourth-order valence-electron chi connectivity index (χ4n) is 2.61. The third-order valence-corrected chi connectivity index (χ3v) is 4.46. The lowest BCUT2D eigenvalue weighted by Crippen LogP contribution is -2.32. The van der Waals surface area contributed by atoms with E-state index in [-0.39, 0.29) is 12.1 Å². The summed E-state index contributed by atoms with van der Waals surface area (Å²) >= 11 is 1.74. The molecule has 0 aliphatic heterocycles. The summed E-state index contributed by atoms with van der Waals surface area (Å²) in [6, 6.07) is 4.26. The maximum absolute atomic E-state index is 6.25. The first-order chi connectivity index (χ1) is 8.16. The van der Waals surface area contributed by atoms with E-state index in [1.807, 2.05) is 6.92 Å². The van der Waals surface area contributed by atoms with Crippen LogP contribution in [0.25, 0.3) is 0 Å². The van der Waals surface area contributed by atoms with E-state index in [9.17, 15) is 0 Å². The van der Waals surface area contributed by atoms with E-state index in [2.05, 4.69) is 24.4 Å². The molecule has 1 aliphatic rings. The quantitative estimate of drug-likeness (QED) is 0.887. The molecule has 3 heteroatoms. The lowest BCUT2D eigenvalue weighted by molar-refractivity contribution is -0.0473. The highest BCUT2D eigenvalue weighted by Crippen LogP contribution is 2.32. The van der Waals surface area contributed by atoms with Crippen LogP contribution in [0.15, 0.2) is 17.5 Å². The second kappa shape index (κ2) is 5.98. The number of nitrogens with two attached hydrogens (primary N) is 1. The summed E-state index contributed by atoms with van der Waals surface area (Å²) < 4.78 is 6.25. The highest BCUT2D eigenvalue weighted by molar-refractivity contribution is 7.10. The van der Waals surface area contributed by atoms with Gasteiger partial charge in [0.05, 0.1) is 6.10 Å². The first-order valence-electron chi connectivity index (χ1n) is 6.61. The van der Waals surface area contributed by atoms with Crippen molar-refractivity contribution in [1.82, 2.24) is 0 Å². The van der Waals surface area contributed by atoms with Crippen LogP contribution >= 0.6 is 11.3 Å². The Morgan fingerprint density at radius 3 is 2.88 bits per heavy atom. The average molecular weight is 253 g/mol. The Balaban J connectivity index is 1.98. The van der Waals surface area contributed by atoms with Gasteiger partial charge in [0.25, 0.3) is 0 Å². The molecule has 0 aromatic carbocycles. The summed E-state index contributed by atoms with van der Waals surface area (Å²) in [5, 5.41) is 2.09. The number of hydrogen-bond donors (Lipinski definition) is 1. The standard InChI is InChI=1S/C14H23NOS/c1-10-5-3-6-12(9-10)16-14(11(2)15)13-7-4-8-17-13/h4,7-8,10-12,14H,3,5-6,9,15H2,1-2H3. The van der Waals surface area contributed by atoms with E-state index in [1.54, 1.807) is 11.3 Å². The summed E-state index contributed by atoms with van der Waals surface area (Å²) in [6.07, 6.45) is 5.50. The zero-order chi connectivity index (χ0) is 12.3. The largest absolute Gasteiger partial charge is 0.368 e. The second-order valence-corrected chi connectivity index (χ2v) is 6.30. The Bertz CT molecular complexity index is 323. The first-order valence-corrected chi connectivity index (χ1v) is 7.49. The van der Waals surface area contributed by atoms with Crippen molar-refractivity contribution in [1.29, 1.82) is 0 Å². The SMILES string of the molecule is CC1CCCC(OC(c2cccs2)C(C)N)C1. The molecule has 0 radical (unpaired) electrons. The predicted octanol–water partition coefficient (Wildman–Crippen LogP) is 3.73. The van der Waals surface area contributed by atoms with E-state index in [4.69, 9.17) is 10.5 Å². The van der Waals surface area contributed by atoms with Gasteiger partial charge >= 0.3 is 0 Å². The molecule has 0 saturated heterocycles. The molecule has 1 aliphatic carbocycles. The Morgan fingerprint density at radius 1 is 1.47 bits per heavy atom. The monoisotopic (exact) mass is 253 g/mol. The fourth-order valence-corrected chi connectivity index (χ4v) is 3.49. The van der Waals surface area contributed by atoms with Gasteiger partial charge in [-0.05, 0) is 37.1 Å². The molecule has 4 unspecified atom stereocenters. The van der Waals surface area contributed by atoms with Crippen LogP contribution in [0.3, 0.4) is 0 Å². The molecule has 1 saturated carbocycles. The molecule has 1 fully saturated rings. The first kappa shape index (κ1) is 13.1. The molecule has 0 bridgehead atoms. The fraction of sp³-hybridized carbons (Fsp3) is 0.714. The summed E-state index contributed by atoms with van der Waals surface area (Å²) in [7, 11) is 0. The van der Waals surface area contributed by atoms with Crippen molar-refractivity contribution in [2.24, 2.45) is 11.7 Å². The molecule has 2 rings (SSSR count). The van der Waals surface area contributed by atoms with Gasteiger partial charge < -0.3 is 10.5 Å². The Labute approximate surface area is 108 Å². The maximum atomic E-state index is 6.25. The molecule has 17 heavy (non-hydrogen) atoms.